The molecule has 0 amide bonds. The Morgan fingerprint density at radius 3 is 2.85 bits per heavy atom. The second-order valence-electron chi connectivity index (χ2n) is 6.23. The first-order valence-corrected chi connectivity index (χ1v) is 8.99. The van der Waals surface area contributed by atoms with Crippen LogP contribution in [0.2, 0.25) is 0 Å². The second-order valence-corrected chi connectivity index (χ2v) is 6.23. The monoisotopic (exact) mass is 359 g/mol. The molecule has 142 valence electrons. The fraction of sp³-hybridized carbons (Fsp3) is 0.526. The lowest BCUT2D eigenvalue weighted by atomic mass is 10.00. The van der Waals surface area contributed by atoms with Crippen LogP contribution in [0.15, 0.2) is 34.4 Å². The summed E-state index contributed by atoms with van der Waals surface area (Å²) >= 11 is 0. The fourth-order valence-electron chi connectivity index (χ4n) is 2.93. The number of aliphatic imine (C=N–C) groups is 1. The van der Waals surface area contributed by atoms with Crippen molar-refractivity contribution < 1.29 is 9.57 Å². The molecule has 0 atom stereocenters. The van der Waals surface area contributed by atoms with Crippen LogP contribution >= 0.6 is 0 Å². The number of likely N-dealkylation sites (tertiary alicyclic amines) is 1. The zero-order valence-electron chi connectivity index (χ0n) is 15.7. The normalized spacial score (nSPS) is 15.4. The van der Waals surface area contributed by atoms with E-state index in [1.165, 1.54) is 0 Å². The minimum absolute atomic E-state index is 0.244. The first-order chi connectivity index (χ1) is 12.7. The van der Waals surface area contributed by atoms with E-state index in [-0.39, 0.29) is 5.92 Å². The summed E-state index contributed by atoms with van der Waals surface area (Å²) in [5.74, 6) is 0.854. The van der Waals surface area contributed by atoms with Gasteiger partial charge >= 0.3 is 0 Å². The van der Waals surface area contributed by atoms with Gasteiger partial charge in [0.1, 0.15) is 6.67 Å². The molecule has 7 heteroatoms. The molecule has 1 aliphatic heterocycles. The molecule has 0 bridgehead atoms. The van der Waals surface area contributed by atoms with Crippen molar-refractivity contribution in [1.29, 1.82) is 5.41 Å². The number of hydrogen-bond acceptors (Lipinski definition) is 7. The predicted octanol–water partition coefficient (Wildman–Crippen LogP) is 2.83. The van der Waals surface area contributed by atoms with Crippen molar-refractivity contribution in [2.45, 2.75) is 19.8 Å². The maximum Gasteiger partial charge on any atom is 0.227 e. The Morgan fingerprint density at radius 2 is 2.15 bits per heavy atom. The molecule has 2 rings (SSSR count). The molecule has 26 heavy (non-hydrogen) atoms. The van der Waals surface area contributed by atoms with Crippen LogP contribution in [0.3, 0.4) is 0 Å². The molecular weight excluding hydrogens is 330 g/mol. The average molecular weight is 359 g/mol. The Bertz CT molecular complexity index is 626. The van der Waals surface area contributed by atoms with Gasteiger partial charge in [0.05, 0.1) is 5.92 Å². The van der Waals surface area contributed by atoms with Gasteiger partial charge in [0.2, 0.25) is 5.90 Å². The van der Waals surface area contributed by atoms with Crippen molar-refractivity contribution in [3.8, 4) is 0 Å². The smallest absolute Gasteiger partial charge is 0.227 e. The summed E-state index contributed by atoms with van der Waals surface area (Å²) in [5, 5.41) is 14.9. The third kappa shape index (κ3) is 5.64. The largest absolute Gasteiger partial charge is 0.385 e. The number of nitrogens with one attached hydrogen (secondary N) is 2. The third-order valence-electron chi connectivity index (χ3n) is 4.40. The lowest BCUT2D eigenvalue weighted by Crippen LogP contribution is -2.51. The van der Waals surface area contributed by atoms with Gasteiger partial charge in [-0.25, -0.2) is 4.99 Å². The Kier molecular flexibility index (Phi) is 8.24. The van der Waals surface area contributed by atoms with Crippen LogP contribution in [-0.4, -0.2) is 63.2 Å². The van der Waals surface area contributed by atoms with Gasteiger partial charge in [0.25, 0.3) is 0 Å². The number of ether oxygens (including phenoxy) is 1. The van der Waals surface area contributed by atoms with Crippen LogP contribution in [0.1, 0.15) is 25.3 Å². The van der Waals surface area contributed by atoms with Crippen LogP contribution < -0.4 is 5.32 Å². The summed E-state index contributed by atoms with van der Waals surface area (Å²) in [6.07, 6.45) is 1.72. The number of benzene rings is 1. The molecule has 7 nitrogen and oxygen atoms in total. The van der Waals surface area contributed by atoms with Crippen molar-refractivity contribution >= 4 is 24.0 Å². The quantitative estimate of drug-likeness (QED) is 0.275. The van der Waals surface area contributed by atoms with Crippen molar-refractivity contribution in [3.63, 3.8) is 0 Å². The van der Waals surface area contributed by atoms with Gasteiger partial charge in [-0.3, -0.25) is 0 Å². The molecule has 0 unspecified atom stereocenters. The first-order valence-electron chi connectivity index (χ1n) is 8.99. The van der Waals surface area contributed by atoms with Gasteiger partial charge < -0.3 is 25.2 Å². The zero-order valence-corrected chi connectivity index (χ0v) is 15.7. The highest BCUT2D eigenvalue weighted by Crippen LogP contribution is 2.19. The molecule has 1 aromatic carbocycles. The van der Waals surface area contributed by atoms with Gasteiger partial charge in [-0.2, -0.15) is 0 Å². The van der Waals surface area contributed by atoms with Crippen LogP contribution in [0.4, 0.5) is 5.69 Å². The zero-order chi connectivity index (χ0) is 18.8. The fourth-order valence-corrected chi connectivity index (χ4v) is 2.93. The van der Waals surface area contributed by atoms with Gasteiger partial charge in [-0.15, -0.1) is 0 Å². The summed E-state index contributed by atoms with van der Waals surface area (Å²) in [4.78, 5) is 12.1. The van der Waals surface area contributed by atoms with Gasteiger partial charge in [0.15, 0.2) is 0 Å². The van der Waals surface area contributed by atoms with E-state index >= 15 is 0 Å². The molecule has 0 aliphatic carbocycles. The summed E-state index contributed by atoms with van der Waals surface area (Å²) in [6.45, 7) is 9.38. The molecule has 1 heterocycles. The summed E-state index contributed by atoms with van der Waals surface area (Å²) in [6, 6.07) is 7.80. The molecule has 0 radical (unpaired) electrons. The molecular formula is C19H29N5O2. The minimum atomic E-state index is 0.244. The number of methoxy groups -OCH3 is 1. The number of rotatable bonds is 11. The molecule has 1 aromatic rings. The SMILES string of the molecule is C=NO/C(=N\CNc1ccccc1C(=N)CC)C1CN(CCCOC)C1. The van der Waals surface area contributed by atoms with E-state index in [2.05, 4.69) is 27.1 Å². The summed E-state index contributed by atoms with van der Waals surface area (Å²) in [5.41, 5.74) is 2.42. The van der Waals surface area contributed by atoms with Crippen molar-refractivity contribution in [2.24, 2.45) is 16.1 Å². The molecule has 1 fully saturated rings. The van der Waals surface area contributed by atoms with E-state index in [0.29, 0.717) is 24.7 Å². The van der Waals surface area contributed by atoms with E-state index in [9.17, 15) is 0 Å². The topological polar surface area (TPSA) is 82.3 Å². The third-order valence-corrected chi connectivity index (χ3v) is 4.40. The predicted molar refractivity (Wildman–Crippen MR) is 107 cm³/mol. The van der Waals surface area contributed by atoms with Gasteiger partial charge in [0, 0.05) is 57.0 Å². The van der Waals surface area contributed by atoms with E-state index < -0.39 is 0 Å². The number of para-hydroxylation sites is 1. The molecule has 1 saturated heterocycles. The second kappa shape index (κ2) is 10.7. The number of hydrogen-bond donors (Lipinski definition) is 2. The molecule has 0 saturated carbocycles. The number of anilines is 1. The molecule has 1 aliphatic rings. The maximum atomic E-state index is 8.07. The van der Waals surface area contributed by atoms with Crippen molar-refractivity contribution in [2.75, 3.05) is 45.3 Å². The average Bonchev–Trinajstić information content (AvgIpc) is 2.63. The maximum absolute atomic E-state index is 8.07. The van der Waals surface area contributed by atoms with E-state index in [0.717, 1.165) is 43.9 Å². The highest BCUT2D eigenvalue weighted by atomic mass is 16.6. The van der Waals surface area contributed by atoms with Crippen LogP contribution in [-0.2, 0) is 9.57 Å². The van der Waals surface area contributed by atoms with Crippen LogP contribution in [0.5, 0.6) is 0 Å². The van der Waals surface area contributed by atoms with E-state index in [1.807, 2.05) is 31.2 Å². The van der Waals surface area contributed by atoms with Gasteiger partial charge in [-0.1, -0.05) is 30.3 Å². The molecule has 0 aromatic heterocycles. The Morgan fingerprint density at radius 1 is 1.38 bits per heavy atom. The minimum Gasteiger partial charge on any atom is -0.385 e. The van der Waals surface area contributed by atoms with Crippen LogP contribution in [0, 0.1) is 11.3 Å². The molecule has 0 spiro atoms. The summed E-state index contributed by atoms with van der Waals surface area (Å²) in [7, 11) is 1.72. The Balaban J connectivity index is 1.89. The highest BCUT2D eigenvalue weighted by Gasteiger charge is 2.32. The highest BCUT2D eigenvalue weighted by molar-refractivity contribution is 6.02. The van der Waals surface area contributed by atoms with Gasteiger partial charge in [-0.05, 0) is 18.9 Å². The number of nitrogens with zero attached hydrogens (tertiary/aromatic N) is 3. The lowest BCUT2D eigenvalue weighted by Gasteiger charge is -2.38. The van der Waals surface area contributed by atoms with Crippen molar-refractivity contribution in [3.05, 3.63) is 29.8 Å². The Labute approximate surface area is 155 Å². The Hall–Kier alpha value is -2.25. The van der Waals surface area contributed by atoms with E-state index in [4.69, 9.17) is 15.0 Å². The number of oxime groups is 1. The standard InChI is InChI=1S/C19H29N5O2/c1-4-17(20)16-8-5-6-9-18(16)22-14-23-19(26-21-2)15-12-24(13-15)10-7-11-25-3/h5-6,8-9,15,20,22H,2,4,7,10-14H2,1,3H3/b20-17?,23-19-. The van der Waals surface area contributed by atoms with E-state index in [1.54, 1.807) is 7.11 Å². The van der Waals surface area contributed by atoms with Crippen molar-refractivity contribution in [1.82, 2.24) is 4.90 Å². The first kappa shape index (κ1) is 20.1. The lowest BCUT2D eigenvalue weighted by molar-refractivity contribution is 0.103. The summed E-state index contributed by atoms with van der Waals surface area (Å²) < 4.78 is 5.08. The van der Waals surface area contributed by atoms with Crippen LogP contribution in [0.25, 0.3) is 0 Å². The molecule has 2 N–H and O–H groups in total.